The first-order chi connectivity index (χ1) is 12.5. The van der Waals surface area contributed by atoms with Gasteiger partial charge in [-0.25, -0.2) is 5.01 Å². The van der Waals surface area contributed by atoms with Gasteiger partial charge in [0.2, 0.25) is 11.8 Å². The SMILES string of the molecule is COCCN(C(C)=O)n1nnc(NC(=O)[C@@H](CS)Cc2ccccc2)n1. The third-order valence-corrected chi connectivity index (χ3v) is 4.08. The van der Waals surface area contributed by atoms with Crippen molar-refractivity contribution in [1.82, 2.24) is 20.3 Å². The molecule has 0 bridgehead atoms. The van der Waals surface area contributed by atoms with Crippen LogP contribution in [-0.2, 0) is 20.7 Å². The van der Waals surface area contributed by atoms with Crippen molar-refractivity contribution in [1.29, 1.82) is 0 Å². The lowest BCUT2D eigenvalue weighted by Gasteiger charge is -2.17. The fraction of sp³-hybridized carbons (Fsp3) is 0.438. The van der Waals surface area contributed by atoms with Gasteiger partial charge in [0, 0.05) is 19.8 Å². The number of carbonyl (C=O) groups is 2. The van der Waals surface area contributed by atoms with Crippen LogP contribution in [0.25, 0.3) is 0 Å². The van der Waals surface area contributed by atoms with E-state index in [-0.39, 0.29) is 30.2 Å². The minimum absolute atomic E-state index is 0.0264. The molecule has 26 heavy (non-hydrogen) atoms. The molecule has 0 aliphatic rings. The van der Waals surface area contributed by atoms with Crippen molar-refractivity contribution in [3.05, 3.63) is 35.9 Å². The normalized spacial score (nSPS) is 11.8. The predicted octanol–water partition coefficient (Wildman–Crippen LogP) is 0.531. The summed E-state index contributed by atoms with van der Waals surface area (Å²) in [5.41, 5.74) is 1.04. The zero-order chi connectivity index (χ0) is 18.9. The molecule has 2 amide bonds. The van der Waals surface area contributed by atoms with Gasteiger partial charge in [0.05, 0.1) is 19.1 Å². The number of thiol groups is 1. The maximum absolute atomic E-state index is 12.5. The molecule has 0 spiro atoms. The van der Waals surface area contributed by atoms with Crippen LogP contribution in [0.4, 0.5) is 5.95 Å². The molecule has 0 saturated heterocycles. The molecule has 0 unspecified atom stereocenters. The molecule has 1 N–H and O–H groups in total. The Hall–Kier alpha value is -2.46. The summed E-state index contributed by atoms with van der Waals surface area (Å²) in [6.45, 7) is 1.97. The number of ether oxygens (including phenoxy) is 1. The highest BCUT2D eigenvalue weighted by atomic mass is 32.1. The molecule has 0 aliphatic heterocycles. The highest BCUT2D eigenvalue weighted by molar-refractivity contribution is 7.80. The molecule has 140 valence electrons. The van der Waals surface area contributed by atoms with E-state index >= 15 is 0 Å². The smallest absolute Gasteiger partial charge is 0.272 e. The fourth-order valence-electron chi connectivity index (χ4n) is 2.26. The van der Waals surface area contributed by atoms with Gasteiger partial charge < -0.3 is 4.74 Å². The Balaban J connectivity index is 2.02. The lowest BCUT2D eigenvalue weighted by molar-refractivity contribution is -0.119. The number of carbonyl (C=O) groups excluding carboxylic acids is 2. The molecule has 1 aromatic carbocycles. The number of nitrogens with zero attached hydrogens (tertiary/aromatic N) is 5. The summed E-state index contributed by atoms with van der Waals surface area (Å²) in [5, 5.41) is 15.5. The number of anilines is 1. The van der Waals surface area contributed by atoms with E-state index in [0.29, 0.717) is 18.8 Å². The Bertz CT molecular complexity index is 724. The molecule has 0 radical (unpaired) electrons. The number of amides is 2. The van der Waals surface area contributed by atoms with Gasteiger partial charge in [0.25, 0.3) is 5.95 Å². The summed E-state index contributed by atoms with van der Waals surface area (Å²) in [5.74, 6) is -0.463. The summed E-state index contributed by atoms with van der Waals surface area (Å²) in [6.07, 6.45) is 0.553. The number of hydrogen-bond acceptors (Lipinski definition) is 7. The minimum Gasteiger partial charge on any atom is -0.383 e. The molecule has 0 saturated carbocycles. The zero-order valence-electron chi connectivity index (χ0n) is 14.7. The van der Waals surface area contributed by atoms with Gasteiger partial charge in [0.1, 0.15) is 0 Å². The number of nitrogens with one attached hydrogen (secondary N) is 1. The second kappa shape index (κ2) is 9.88. The van der Waals surface area contributed by atoms with Crippen LogP contribution >= 0.6 is 12.6 Å². The minimum atomic E-state index is -0.343. The average Bonchev–Trinajstić information content (AvgIpc) is 3.08. The highest BCUT2D eigenvalue weighted by Gasteiger charge is 2.21. The molecule has 1 heterocycles. The topological polar surface area (TPSA) is 102 Å². The molecule has 0 fully saturated rings. The van der Waals surface area contributed by atoms with E-state index in [0.717, 1.165) is 10.5 Å². The second-order valence-corrected chi connectivity index (χ2v) is 5.94. The molecule has 1 atom stereocenters. The van der Waals surface area contributed by atoms with Gasteiger partial charge >= 0.3 is 0 Å². The maximum atomic E-state index is 12.5. The monoisotopic (exact) mass is 378 g/mol. The summed E-state index contributed by atoms with van der Waals surface area (Å²) in [7, 11) is 1.53. The maximum Gasteiger partial charge on any atom is 0.272 e. The van der Waals surface area contributed by atoms with Crippen LogP contribution in [0.1, 0.15) is 12.5 Å². The lowest BCUT2D eigenvalue weighted by atomic mass is 10.0. The molecular formula is C16H22N6O3S. The zero-order valence-corrected chi connectivity index (χ0v) is 15.6. The van der Waals surface area contributed by atoms with E-state index in [1.807, 2.05) is 30.3 Å². The second-order valence-electron chi connectivity index (χ2n) is 5.57. The first-order valence-corrected chi connectivity index (χ1v) is 8.71. The average molecular weight is 378 g/mol. The van der Waals surface area contributed by atoms with E-state index in [1.54, 1.807) is 0 Å². The number of tetrazole rings is 1. The Morgan fingerprint density at radius 1 is 1.35 bits per heavy atom. The van der Waals surface area contributed by atoms with Crippen molar-refractivity contribution in [3.8, 4) is 0 Å². The van der Waals surface area contributed by atoms with Crippen LogP contribution in [0.15, 0.2) is 30.3 Å². The first kappa shape index (κ1) is 19.9. The molecule has 2 aromatic rings. The third-order valence-electron chi connectivity index (χ3n) is 3.64. The van der Waals surface area contributed by atoms with Crippen molar-refractivity contribution in [2.75, 3.05) is 36.3 Å². The molecule has 1 aromatic heterocycles. The summed E-state index contributed by atoms with van der Waals surface area (Å²) in [4.78, 5) is 25.2. The van der Waals surface area contributed by atoms with Crippen LogP contribution in [0.5, 0.6) is 0 Å². The summed E-state index contributed by atoms with van der Waals surface area (Å²) >= 11 is 4.27. The van der Waals surface area contributed by atoms with E-state index in [2.05, 4.69) is 33.4 Å². The summed E-state index contributed by atoms with van der Waals surface area (Å²) < 4.78 is 4.96. The molecule has 9 nitrogen and oxygen atoms in total. The van der Waals surface area contributed by atoms with Gasteiger partial charge in [0.15, 0.2) is 0 Å². The number of methoxy groups -OCH3 is 1. The van der Waals surface area contributed by atoms with E-state index in [9.17, 15) is 9.59 Å². The van der Waals surface area contributed by atoms with Crippen LogP contribution < -0.4 is 10.3 Å². The Kier molecular flexibility index (Phi) is 7.54. The molecule has 2 rings (SSSR count). The number of rotatable bonds is 9. The Morgan fingerprint density at radius 2 is 2.08 bits per heavy atom. The van der Waals surface area contributed by atoms with Crippen molar-refractivity contribution in [2.45, 2.75) is 13.3 Å². The van der Waals surface area contributed by atoms with E-state index in [1.165, 1.54) is 19.0 Å². The Morgan fingerprint density at radius 3 is 2.69 bits per heavy atom. The van der Waals surface area contributed by atoms with Crippen molar-refractivity contribution in [3.63, 3.8) is 0 Å². The molecule has 0 aliphatic carbocycles. The van der Waals surface area contributed by atoms with Crippen molar-refractivity contribution < 1.29 is 14.3 Å². The van der Waals surface area contributed by atoms with Gasteiger partial charge in [-0.1, -0.05) is 45.4 Å². The Labute approximate surface area is 157 Å². The van der Waals surface area contributed by atoms with E-state index < -0.39 is 0 Å². The van der Waals surface area contributed by atoms with Gasteiger partial charge in [-0.05, 0) is 17.2 Å². The van der Waals surface area contributed by atoms with Crippen molar-refractivity contribution >= 4 is 30.4 Å². The van der Waals surface area contributed by atoms with Gasteiger partial charge in [-0.3, -0.25) is 14.9 Å². The number of benzene rings is 1. The van der Waals surface area contributed by atoms with Gasteiger partial charge in [-0.15, -0.1) is 0 Å². The van der Waals surface area contributed by atoms with E-state index in [4.69, 9.17) is 4.74 Å². The highest BCUT2D eigenvalue weighted by Crippen LogP contribution is 2.12. The number of hydrogen-bond donors (Lipinski definition) is 2. The first-order valence-electron chi connectivity index (χ1n) is 8.08. The van der Waals surface area contributed by atoms with Crippen LogP contribution in [0.3, 0.4) is 0 Å². The quantitative estimate of drug-likeness (QED) is 0.617. The molecular weight excluding hydrogens is 356 g/mol. The van der Waals surface area contributed by atoms with Crippen LogP contribution in [0.2, 0.25) is 0 Å². The van der Waals surface area contributed by atoms with Gasteiger partial charge in [-0.2, -0.15) is 12.6 Å². The molecule has 10 heteroatoms. The largest absolute Gasteiger partial charge is 0.383 e. The lowest BCUT2D eigenvalue weighted by Crippen LogP contribution is -2.43. The predicted molar refractivity (Wildman–Crippen MR) is 99.6 cm³/mol. The van der Waals surface area contributed by atoms with Crippen LogP contribution in [0, 0.1) is 5.92 Å². The van der Waals surface area contributed by atoms with Crippen LogP contribution in [-0.4, -0.2) is 58.1 Å². The van der Waals surface area contributed by atoms with Crippen molar-refractivity contribution in [2.24, 2.45) is 5.92 Å². The summed E-state index contributed by atoms with van der Waals surface area (Å²) in [6, 6.07) is 9.68. The number of aromatic nitrogens is 4. The standard InChI is InChI=1S/C16H22N6O3S/c1-12(23)21(8-9-25-2)22-19-16(18-20-22)17-15(24)14(11-26)10-13-6-4-3-5-7-13/h3-7,14,26H,8-11H2,1-2H3,(H,17,19,24)/t14-/m1/s1. The fourth-order valence-corrected chi connectivity index (χ4v) is 2.56. The third kappa shape index (κ3) is 5.53.